The predicted molar refractivity (Wildman–Crippen MR) is 44.7 cm³/mol. The van der Waals surface area contributed by atoms with Crippen molar-refractivity contribution in [3.05, 3.63) is 0 Å². The quantitative estimate of drug-likeness (QED) is 0.626. The molecule has 0 amide bonds. The first-order valence-electron chi connectivity index (χ1n) is 4.18. The summed E-state index contributed by atoms with van der Waals surface area (Å²) in [5.41, 5.74) is -0.992. The molecule has 13 heavy (non-hydrogen) atoms. The van der Waals surface area contributed by atoms with E-state index in [4.69, 9.17) is 5.11 Å². The average molecular weight is 205 g/mol. The number of nitrogens with zero attached hydrogens (tertiary/aromatic N) is 1. The number of carboxylic acids is 1. The Morgan fingerprint density at radius 3 is 2.15 bits per heavy atom. The van der Waals surface area contributed by atoms with Crippen molar-refractivity contribution in [1.29, 1.82) is 0 Å². The molecule has 0 aromatic heterocycles. The Kier molecular flexibility index (Phi) is 1.69. The fraction of sp³-hybridized carbons (Fsp3) is 0.857. The van der Waals surface area contributed by atoms with Crippen LogP contribution in [-0.2, 0) is 14.8 Å². The third-order valence-corrected chi connectivity index (χ3v) is 5.05. The number of fused-ring (bicyclic) bond motifs is 3. The standard InChI is InChI=1S/C7H11NO4S/c9-6(10)7-1-3-8(4-2-7)13(11,12)5-7/h1-5H2,(H,9,10). The lowest BCUT2D eigenvalue weighted by molar-refractivity contribution is -0.150. The van der Waals surface area contributed by atoms with Gasteiger partial charge in [0.05, 0.1) is 11.2 Å². The monoisotopic (exact) mass is 205 g/mol. The van der Waals surface area contributed by atoms with E-state index in [1.54, 1.807) is 0 Å². The van der Waals surface area contributed by atoms with Gasteiger partial charge in [-0.1, -0.05) is 0 Å². The Hall–Kier alpha value is -0.620. The second-order valence-corrected chi connectivity index (χ2v) is 5.71. The SMILES string of the molecule is O=C(O)C12CCN(CC1)S(=O)(=O)C2. The third-order valence-electron chi connectivity index (χ3n) is 2.99. The van der Waals surface area contributed by atoms with Gasteiger partial charge in [-0.05, 0) is 12.8 Å². The van der Waals surface area contributed by atoms with Gasteiger partial charge in [0, 0.05) is 13.1 Å². The second-order valence-electron chi connectivity index (χ2n) is 3.74. The van der Waals surface area contributed by atoms with Crippen molar-refractivity contribution in [2.45, 2.75) is 12.8 Å². The molecule has 0 aromatic rings. The third kappa shape index (κ3) is 1.16. The zero-order valence-electron chi connectivity index (χ0n) is 7.06. The number of hydrogen-bond donors (Lipinski definition) is 1. The highest BCUT2D eigenvalue weighted by Crippen LogP contribution is 2.40. The minimum atomic E-state index is -3.27. The Bertz CT molecular complexity index is 340. The largest absolute Gasteiger partial charge is 0.481 e. The molecular formula is C7H11NO4S. The first-order valence-corrected chi connectivity index (χ1v) is 5.78. The van der Waals surface area contributed by atoms with Crippen LogP contribution < -0.4 is 0 Å². The van der Waals surface area contributed by atoms with Gasteiger partial charge < -0.3 is 5.11 Å². The lowest BCUT2D eigenvalue weighted by atomic mass is 9.81. The van der Waals surface area contributed by atoms with Crippen LogP contribution in [0.4, 0.5) is 0 Å². The Labute approximate surface area is 76.4 Å². The molecule has 3 heterocycles. The molecule has 3 aliphatic rings. The summed E-state index contributed by atoms with van der Waals surface area (Å²) in [5, 5.41) is 8.96. The van der Waals surface area contributed by atoms with Gasteiger partial charge in [-0.2, -0.15) is 0 Å². The Morgan fingerprint density at radius 2 is 1.85 bits per heavy atom. The molecule has 0 atom stereocenters. The number of sulfonamides is 1. The van der Waals surface area contributed by atoms with E-state index in [9.17, 15) is 13.2 Å². The van der Waals surface area contributed by atoms with E-state index in [1.165, 1.54) is 4.31 Å². The zero-order chi connectivity index (χ0) is 9.69. The van der Waals surface area contributed by atoms with Gasteiger partial charge >= 0.3 is 5.97 Å². The second kappa shape index (κ2) is 2.45. The van der Waals surface area contributed by atoms with Gasteiger partial charge in [-0.15, -0.1) is 0 Å². The normalized spacial score (nSPS) is 41.7. The van der Waals surface area contributed by atoms with E-state index < -0.39 is 21.4 Å². The van der Waals surface area contributed by atoms with Crippen LogP contribution in [0.3, 0.4) is 0 Å². The molecule has 0 unspecified atom stereocenters. The van der Waals surface area contributed by atoms with Crippen molar-refractivity contribution >= 4 is 16.0 Å². The first-order chi connectivity index (χ1) is 5.96. The van der Waals surface area contributed by atoms with Crippen LogP contribution in [0.25, 0.3) is 0 Å². The fourth-order valence-corrected chi connectivity index (χ4v) is 4.08. The Morgan fingerprint density at radius 1 is 1.31 bits per heavy atom. The molecule has 2 bridgehead atoms. The number of carboxylic acid groups (broad SMARTS) is 1. The summed E-state index contributed by atoms with van der Waals surface area (Å²) in [6.07, 6.45) is 0.920. The maximum atomic E-state index is 11.4. The van der Waals surface area contributed by atoms with Crippen molar-refractivity contribution in [2.24, 2.45) is 5.41 Å². The summed E-state index contributed by atoms with van der Waals surface area (Å²) < 4.78 is 24.2. The number of aliphatic carboxylic acids is 1. The summed E-state index contributed by atoms with van der Waals surface area (Å²) in [5.74, 6) is -1.18. The highest BCUT2D eigenvalue weighted by atomic mass is 32.2. The number of rotatable bonds is 1. The summed E-state index contributed by atoms with van der Waals surface area (Å²) in [7, 11) is -3.27. The van der Waals surface area contributed by atoms with Gasteiger partial charge in [-0.3, -0.25) is 4.79 Å². The summed E-state index contributed by atoms with van der Waals surface area (Å²) in [6, 6.07) is 0. The van der Waals surface area contributed by atoms with Crippen LogP contribution in [0.1, 0.15) is 12.8 Å². The maximum absolute atomic E-state index is 11.4. The van der Waals surface area contributed by atoms with Crippen molar-refractivity contribution in [1.82, 2.24) is 4.31 Å². The number of piperidine rings is 1. The van der Waals surface area contributed by atoms with Crippen LogP contribution in [0, 0.1) is 5.41 Å². The van der Waals surface area contributed by atoms with E-state index >= 15 is 0 Å². The van der Waals surface area contributed by atoms with Crippen LogP contribution >= 0.6 is 0 Å². The zero-order valence-corrected chi connectivity index (χ0v) is 7.88. The van der Waals surface area contributed by atoms with Gasteiger partial charge in [0.25, 0.3) is 0 Å². The lowest BCUT2D eigenvalue weighted by Gasteiger charge is -2.44. The smallest absolute Gasteiger partial charge is 0.310 e. The molecule has 3 aliphatic heterocycles. The minimum absolute atomic E-state index is 0.213. The van der Waals surface area contributed by atoms with E-state index in [0.29, 0.717) is 25.9 Å². The topological polar surface area (TPSA) is 74.7 Å². The van der Waals surface area contributed by atoms with Gasteiger partial charge in [0.15, 0.2) is 0 Å². The molecule has 1 N–H and O–H groups in total. The molecule has 3 saturated heterocycles. The molecular weight excluding hydrogens is 194 g/mol. The highest BCUT2D eigenvalue weighted by molar-refractivity contribution is 7.89. The summed E-state index contributed by atoms with van der Waals surface area (Å²) in [6.45, 7) is 0.739. The van der Waals surface area contributed by atoms with Crippen molar-refractivity contribution in [2.75, 3.05) is 18.8 Å². The van der Waals surface area contributed by atoms with Gasteiger partial charge in [-0.25, -0.2) is 12.7 Å². The summed E-state index contributed by atoms with van der Waals surface area (Å²) >= 11 is 0. The predicted octanol–water partition coefficient (Wildman–Crippen LogP) is -0.503. The number of hydrogen-bond acceptors (Lipinski definition) is 3. The van der Waals surface area contributed by atoms with E-state index in [0.717, 1.165) is 0 Å². The van der Waals surface area contributed by atoms with Crippen molar-refractivity contribution in [3.8, 4) is 0 Å². The van der Waals surface area contributed by atoms with E-state index in [1.807, 2.05) is 0 Å². The Balaban J connectivity index is 2.39. The molecule has 3 rings (SSSR count). The lowest BCUT2D eigenvalue weighted by Crippen LogP contribution is -2.57. The van der Waals surface area contributed by atoms with E-state index in [-0.39, 0.29) is 5.75 Å². The van der Waals surface area contributed by atoms with Crippen molar-refractivity contribution < 1.29 is 18.3 Å². The minimum Gasteiger partial charge on any atom is -0.481 e. The van der Waals surface area contributed by atoms with Crippen molar-refractivity contribution in [3.63, 3.8) is 0 Å². The maximum Gasteiger partial charge on any atom is 0.310 e. The molecule has 0 radical (unpaired) electrons. The fourth-order valence-electron chi connectivity index (χ4n) is 2.05. The van der Waals surface area contributed by atoms with Crippen LogP contribution in [0.2, 0.25) is 0 Å². The van der Waals surface area contributed by atoms with Crippen LogP contribution in [0.15, 0.2) is 0 Å². The van der Waals surface area contributed by atoms with Crippen LogP contribution in [0.5, 0.6) is 0 Å². The highest BCUT2D eigenvalue weighted by Gasteiger charge is 2.52. The molecule has 0 aromatic carbocycles. The van der Waals surface area contributed by atoms with E-state index in [2.05, 4.69) is 0 Å². The van der Waals surface area contributed by atoms with Gasteiger partial charge in [0.2, 0.25) is 10.0 Å². The molecule has 5 nitrogen and oxygen atoms in total. The molecule has 0 saturated carbocycles. The van der Waals surface area contributed by atoms with Crippen LogP contribution in [-0.4, -0.2) is 42.6 Å². The molecule has 3 fully saturated rings. The molecule has 6 heteroatoms. The molecule has 74 valence electrons. The first kappa shape index (κ1) is 8.96. The van der Waals surface area contributed by atoms with Gasteiger partial charge in [0.1, 0.15) is 0 Å². The average Bonchev–Trinajstić information content (AvgIpc) is 2.03. The molecule has 0 aliphatic carbocycles. The molecule has 0 spiro atoms. The number of carbonyl (C=O) groups is 1. The summed E-state index contributed by atoms with van der Waals surface area (Å²) in [4.78, 5) is 10.9.